The maximum atomic E-state index is 13.3. The van der Waals surface area contributed by atoms with Crippen molar-refractivity contribution in [2.24, 2.45) is 0 Å². The standard InChI is InChI=1S/C25H20O5/c1-28-19-10-6-15(7-11-19)23-20-13-17-3-2-12-29-21(17)14-22(20)30-25(23)24(27)16-4-8-18(26)9-5-16/h4-11,13-14,26H,2-3,12H2,1H3. The van der Waals surface area contributed by atoms with Crippen LogP contribution in [0.3, 0.4) is 0 Å². The summed E-state index contributed by atoms with van der Waals surface area (Å²) < 4.78 is 17.2. The number of carbonyl (C=O) groups is 1. The first kappa shape index (κ1) is 18.3. The van der Waals surface area contributed by atoms with Gasteiger partial charge in [-0.1, -0.05) is 12.1 Å². The van der Waals surface area contributed by atoms with Crippen molar-refractivity contribution in [3.63, 3.8) is 0 Å². The molecule has 1 aliphatic heterocycles. The molecule has 1 N–H and O–H groups in total. The van der Waals surface area contributed by atoms with Gasteiger partial charge in [0.2, 0.25) is 5.78 Å². The Morgan fingerprint density at radius 2 is 1.80 bits per heavy atom. The molecule has 0 saturated heterocycles. The number of phenolic OH excluding ortho intramolecular Hbond substituents is 1. The van der Waals surface area contributed by atoms with Crippen molar-refractivity contribution in [2.75, 3.05) is 13.7 Å². The van der Waals surface area contributed by atoms with Gasteiger partial charge in [-0.3, -0.25) is 4.79 Å². The monoisotopic (exact) mass is 400 g/mol. The zero-order chi connectivity index (χ0) is 20.7. The van der Waals surface area contributed by atoms with Gasteiger partial charge in [-0.05, 0) is 66.4 Å². The lowest BCUT2D eigenvalue weighted by Crippen LogP contribution is -2.07. The summed E-state index contributed by atoms with van der Waals surface area (Å²) in [5, 5.41) is 10.4. The van der Waals surface area contributed by atoms with Crippen LogP contribution >= 0.6 is 0 Å². The summed E-state index contributed by atoms with van der Waals surface area (Å²) in [5.41, 5.74) is 3.80. The number of aryl methyl sites for hydroxylation is 1. The zero-order valence-electron chi connectivity index (χ0n) is 16.5. The molecule has 4 aromatic rings. The molecule has 0 spiro atoms. The van der Waals surface area contributed by atoms with Gasteiger partial charge in [-0.15, -0.1) is 0 Å². The lowest BCUT2D eigenvalue weighted by atomic mass is 9.95. The highest BCUT2D eigenvalue weighted by Crippen LogP contribution is 2.40. The number of ether oxygens (including phenoxy) is 2. The second-order valence-electron chi connectivity index (χ2n) is 7.32. The van der Waals surface area contributed by atoms with E-state index < -0.39 is 0 Å². The lowest BCUT2D eigenvalue weighted by Gasteiger charge is -2.16. The molecule has 1 aliphatic rings. The summed E-state index contributed by atoms with van der Waals surface area (Å²) in [4.78, 5) is 13.3. The van der Waals surface area contributed by atoms with Crippen LogP contribution in [0, 0.1) is 0 Å². The Morgan fingerprint density at radius 3 is 2.53 bits per heavy atom. The first-order chi connectivity index (χ1) is 14.6. The van der Waals surface area contributed by atoms with Crippen LogP contribution in [0.25, 0.3) is 22.1 Å². The maximum Gasteiger partial charge on any atom is 0.228 e. The van der Waals surface area contributed by atoms with Gasteiger partial charge in [0.25, 0.3) is 0 Å². The van der Waals surface area contributed by atoms with E-state index in [1.807, 2.05) is 30.3 Å². The van der Waals surface area contributed by atoms with Crippen LogP contribution < -0.4 is 9.47 Å². The van der Waals surface area contributed by atoms with Crippen LogP contribution in [-0.4, -0.2) is 24.6 Å². The molecule has 0 aliphatic carbocycles. The van der Waals surface area contributed by atoms with E-state index >= 15 is 0 Å². The molecule has 150 valence electrons. The topological polar surface area (TPSA) is 68.9 Å². The fourth-order valence-corrected chi connectivity index (χ4v) is 3.89. The van der Waals surface area contributed by atoms with Gasteiger partial charge < -0.3 is 19.0 Å². The Bertz CT molecular complexity index is 1230. The molecule has 5 heteroatoms. The Labute approximate surface area is 173 Å². The minimum Gasteiger partial charge on any atom is -0.508 e. The van der Waals surface area contributed by atoms with Crippen LogP contribution in [-0.2, 0) is 6.42 Å². The van der Waals surface area contributed by atoms with Crippen molar-refractivity contribution in [2.45, 2.75) is 12.8 Å². The minimum absolute atomic E-state index is 0.108. The number of benzene rings is 3. The van der Waals surface area contributed by atoms with E-state index in [-0.39, 0.29) is 17.3 Å². The molecule has 5 nitrogen and oxygen atoms in total. The summed E-state index contributed by atoms with van der Waals surface area (Å²) in [5.74, 6) is 1.69. The summed E-state index contributed by atoms with van der Waals surface area (Å²) in [6.07, 6.45) is 1.90. The number of furan rings is 1. The number of fused-ring (bicyclic) bond motifs is 2. The average molecular weight is 400 g/mol. The van der Waals surface area contributed by atoms with E-state index in [0.717, 1.165) is 46.4 Å². The third kappa shape index (κ3) is 3.08. The summed E-state index contributed by atoms with van der Waals surface area (Å²) in [6, 6.07) is 17.7. The molecule has 0 amide bonds. The number of hydrogen-bond acceptors (Lipinski definition) is 5. The molecule has 0 saturated carbocycles. The number of rotatable bonds is 4. The van der Waals surface area contributed by atoms with Crippen LogP contribution in [0.15, 0.2) is 65.1 Å². The lowest BCUT2D eigenvalue weighted by molar-refractivity contribution is 0.101. The highest BCUT2D eigenvalue weighted by Gasteiger charge is 2.25. The number of hydrogen-bond donors (Lipinski definition) is 1. The Kier molecular flexibility index (Phi) is 4.43. The van der Waals surface area contributed by atoms with Gasteiger partial charge in [0.1, 0.15) is 22.8 Å². The third-order valence-corrected chi connectivity index (χ3v) is 5.43. The van der Waals surface area contributed by atoms with Crippen LogP contribution in [0.5, 0.6) is 17.2 Å². The van der Waals surface area contributed by atoms with Gasteiger partial charge in [0.15, 0.2) is 5.76 Å². The molecular formula is C25H20O5. The Hall–Kier alpha value is -3.73. The summed E-state index contributed by atoms with van der Waals surface area (Å²) in [7, 11) is 1.62. The van der Waals surface area contributed by atoms with E-state index in [1.165, 1.54) is 12.1 Å². The molecule has 0 bridgehead atoms. The Morgan fingerprint density at radius 1 is 1.03 bits per heavy atom. The summed E-state index contributed by atoms with van der Waals surface area (Å²) >= 11 is 0. The van der Waals surface area contributed by atoms with Crippen LogP contribution in [0.2, 0.25) is 0 Å². The van der Waals surface area contributed by atoms with E-state index in [0.29, 0.717) is 17.8 Å². The quantitative estimate of drug-likeness (QED) is 0.467. The van der Waals surface area contributed by atoms with E-state index in [1.54, 1.807) is 19.2 Å². The molecular weight excluding hydrogens is 380 g/mol. The number of aromatic hydroxyl groups is 1. The maximum absolute atomic E-state index is 13.3. The molecule has 2 heterocycles. The SMILES string of the molecule is COc1ccc(-c2c(C(=O)c3ccc(O)cc3)oc3cc4c(cc23)CCCO4)cc1. The molecule has 0 atom stereocenters. The molecule has 5 rings (SSSR count). The molecule has 0 radical (unpaired) electrons. The number of ketones is 1. The average Bonchev–Trinajstić information content (AvgIpc) is 3.15. The molecule has 30 heavy (non-hydrogen) atoms. The van der Waals surface area contributed by atoms with Crippen molar-refractivity contribution >= 4 is 16.8 Å². The van der Waals surface area contributed by atoms with E-state index in [2.05, 4.69) is 6.07 Å². The number of methoxy groups -OCH3 is 1. The van der Waals surface area contributed by atoms with Gasteiger partial charge in [0, 0.05) is 22.6 Å². The van der Waals surface area contributed by atoms with Crippen molar-refractivity contribution in [1.29, 1.82) is 0 Å². The van der Waals surface area contributed by atoms with Crippen molar-refractivity contribution in [3.05, 3.63) is 77.6 Å². The van der Waals surface area contributed by atoms with Gasteiger partial charge in [0.05, 0.1) is 13.7 Å². The molecule has 0 fully saturated rings. The fraction of sp³-hybridized carbons (Fsp3) is 0.160. The smallest absolute Gasteiger partial charge is 0.228 e. The van der Waals surface area contributed by atoms with Crippen molar-refractivity contribution in [3.8, 4) is 28.4 Å². The predicted octanol–water partition coefficient (Wildman–Crippen LogP) is 5.37. The van der Waals surface area contributed by atoms with Crippen molar-refractivity contribution < 1.29 is 23.8 Å². The third-order valence-electron chi connectivity index (χ3n) is 5.43. The molecule has 1 aromatic heterocycles. The number of phenols is 1. The summed E-state index contributed by atoms with van der Waals surface area (Å²) in [6.45, 7) is 0.684. The highest BCUT2D eigenvalue weighted by molar-refractivity contribution is 6.16. The van der Waals surface area contributed by atoms with Gasteiger partial charge >= 0.3 is 0 Å². The second kappa shape index (κ2) is 7.26. The predicted molar refractivity (Wildman–Crippen MR) is 114 cm³/mol. The normalized spacial score (nSPS) is 13.0. The molecule has 0 unspecified atom stereocenters. The van der Waals surface area contributed by atoms with Gasteiger partial charge in [-0.25, -0.2) is 0 Å². The van der Waals surface area contributed by atoms with E-state index in [4.69, 9.17) is 13.9 Å². The largest absolute Gasteiger partial charge is 0.508 e. The fourth-order valence-electron chi connectivity index (χ4n) is 3.89. The van der Waals surface area contributed by atoms with Crippen LogP contribution in [0.1, 0.15) is 28.1 Å². The number of carbonyl (C=O) groups excluding carboxylic acids is 1. The second-order valence-corrected chi connectivity index (χ2v) is 7.32. The van der Waals surface area contributed by atoms with Gasteiger partial charge in [-0.2, -0.15) is 0 Å². The van der Waals surface area contributed by atoms with Crippen molar-refractivity contribution in [1.82, 2.24) is 0 Å². The minimum atomic E-state index is -0.240. The van der Waals surface area contributed by atoms with E-state index in [9.17, 15) is 9.90 Å². The van der Waals surface area contributed by atoms with Crippen LogP contribution in [0.4, 0.5) is 0 Å². The zero-order valence-corrected chi connectivity index (χ0v) is 16.5. The molecule has 3 aromatic carbocycles. The Balaban J connectivity index is 1.73. The first-order valence-electron chi connectivity index (χ1n) is 9.84. The highest BCUT2D eigenvalue weighted by atomic mass is 16.5. The first-order valence-corrected chi connectivity index (χ1v) is 9.84.